The average Bonchev–Trinajstić information content (AvgIpc) is 2.71. The van der Waals surface area contributed by atoms with Gasteiger partial charge in [0.05, 0.1) is 13.0 Å². The molecule has 0 bridgehead atoms. The maximum atomic E-state index is 12.5. The number of carbonyl (C=O) groups excluding carboxylic acids is 3. The molecule has 3 amide bonds. The number of rotatable bonds is 16. The molecule has 9 N–H and O–H groups in total. The minimum Gasteiger partial charge on any atom is -0.481 e. The zero-order chi connectivity index (χ0) is 24.8. The third kappa shape index (κ3) is 11.5. The maximum absolute atomic E-state index is 12.5. The maximum Gasteiger partial charge on any atom is 0.326 e. The van der Waals surface area contributed by atoms with Crippen LogP contribution in [0.15, 0.2) is 0 Å². The van der Waals surface area contributed by atoms with E-state index < -0.39 is 85.7 Å². The predicted molar refractivity (Wildman–Crippen MR) is 111 cm³/mol. The molecule has 0 saturated carbocycles. The van der Waals surface area contributed by atoms with Gasteiger partial charge in [0.25, 0.3) is 0 Å². The number of aliphatic hydroxyl groups is 1. The standard InChI is InChI=1S/C17H28N4O10S/c1-32-5-4-10(17(30)31)20-15(28)9(2-3-12(23)24)19-16(29)11(6-13(25)26)21-14(27)8(18)7-22/h8-11,22H,2-7,18H2,1H3,(H,19,29)(H,20,28)(H,21,27)(H,23,24)(H,25,26)(H,30,31). The average molecular weight is 480 g/mol. The summed E-state index contributed by atoms with van der Waals surface area (Å²) in [6, 6.07) is -5.94. The lowest BCUT2D eigenvalue weighted by atomic mass is 10.1. The lowest BCUT2D eigenvalue weighted by Crippen LogP contribution is -2.57. The predicted octanol–water partition coefficient (Wildman–Crippen LogP) is -3.06. The van der Waals surface area contributed by atoms with Crippen LogP contribution in [0.5, 0.6) is 0 Å². The smallest absolute Gasteiger partial charge is 0.326 e. The van der Waals surface area contributed by atoms with E-state index in [4.69, 9.17) is 21.1 Å². The number of nitrogens with one attached hydrogen (secondary N) is 3. The topological polar surface area (TPSA) is 245 Å². The van der Waals surface area contributed by atoms with Crippen LogP contribution in [0.4, 0.5) is 0 Å². The molecule has 0 heterocycles. The molecule has 14 nitrogen and oxygen atoms in total. The van der Waals surface area contributed by atoms with Crippen LogP contribution >= 0.6 is 11.8 Å². The Morgan fingerprint density at radius 1 is 0.812 bits per heavy atom. The van der Waals surface area contributed by atoms with Gasteiger partial charge in [-0.2, -0.15) is 11.8 Å². The van der Waals surface area contributed by atoms with Crippen LogP contribution < -0.4 is 21.7 Å². The van der Waals surface area contributed by atoms with E-state index in [1.54, 1.807) is 6.26 Å². The summed E-state index contributed by atoms with van der Waals surface area (Å²) < 4.78 is 0. The van der Waals surface area contributed by atoms with Crippen LogP contribution in [0, 0.1) is 0 Å². The number of thioether (sulfide) groups is 1. The van der Waals surface area contributed by atoms with Gasteiger partial charge in [0.1, 0.15) is 24.2 Å². The molecule has 0 aliphatic heterocycles. The van der Waals surface area contributed by atoms with Gasteiger partial charge in [0, 0.05) is 6.42 Å². The fraction of sp³-hybridized carbons (Fsp3) is 0.647. The van der Waals surface area contributed by atoms with Gasteiger partial charge >= 0.3 is 17.9 Å². The molecule has 0 radical (unpaired) electrons. The van der Waals surface area contributed by atoms with Crippen molar-refractivity contribution in [1.29, 1.82) is 0 Å². The molecule has 0 aromatic heterocycles. The van der Waals surface area contributed by atoms with Crippen LogP contribution in [-0.2, 0) is 28.8 Å². The first-order chi connectivity index (χ1) is 14.9. The van der Waals surface area contributed by atoms with E-state index in [9.17, 15) is 33.9 Å². The Hall–Kier alpha value is -2.91. The largest absolute Gasteiger partial charge is 0.481 e. The Morgan fingerprint density at radius 3 is 1.81 bits per heavy atom. The Labute approximate surface area is 187 Å². The summed E-state index contributed by atoms with van der Waals surface area (Å²) >= 11 is 1.34. The van der Waals surface area contributed by atoms with Gasteiger partial charge < -0.3 is 42.1 Å². The molecule has 0 fully saturated rings. The first-order valence-corrected chi connectivity index (χ1v) is 10.7. The number of aliphatic hydroxyl groups excluding tert-OH is 1. The number of carboxylic acids is 3. The summed E-state index contributed by atoms with van der Waals surface area (Å²) in [7, 11) is 0. The molecule has 0 aromatic carbocycles. The van der Waals surface area contributed by atoms with Crippen LogP contribution in [0.25, 0.3) is 0 Å². The normalized spacial score (nSPS) is 14.3. The number of carboxylic acid groups (broad SMARTS) is 3. The Kier molecular flexibility index (Phi) is 13.6. The molecule has 32 heavy (non-hydrogen) atoms. The summed E-state index contributed by atoms with van der Waals surface area (Å²) in [5.41, 5.74) is 5.32. The molecule has 0 saturated heterocycles. The molecule has 0 aromatic rings. The first kappa shape index (κ1) is 29.1. The van der Waals surface area contributed by atoms with Gasteiger partial charge in [-0.15, -0.1) is 0 Å². The third-order valence-electron chi connectivity index (χ3n) is 4.05. The summed E-state index contributed by atoms with van der Waals surface area (Å²) in [5, 5.41) is 42.4. The van der Waals surface area contributed by atoms with Crippen molar-refractivity contribution in [1.82, 2.24) is 16.0 Å². The van der Waals surface area contributed by atoms with Gasteiger partial charge in [-0.3, -0.25) is 24.0 Å². The second-order valence-corrected chi connectivity index (χ2v) is 7.61. The SMILES string of the molecule is CSCCC(NC(=O)C(CCC(=O)O)NC(=O)C(CC(=O)O)NC(=O)C(N)CO)C(=O)O. The molecule has 0 spiro atoms. The van der Waals surface area contributed by atoms with Crippen LogP contribution in [0.2, 0.25) is 0 Å². The van der Waals surface area contributed by atoms with E-state index in [1.165, 1.54) is 11.8 Å². The van der Waals surface area contributed by atoms with Gasteiger partial charge in [-0.1, -0.05) is 0 Å². The van der Waals surface area contributed by atoms with E-state index in [1.807, 2.05) is 5.32 Å². The number of amides is 3. The molecule has 15 heteroatoms. The highest BCUT2D eigenvalue weighted by Crippen LogP contribution is 2.05. The molecule has 0 rings (SSSR count). The molecule has 182 valence electrons. The number of hydrogen-bond donors (Lipinski definition) is 8. The van der Waals surface area contributed by atoms with Crippen molar-refractivity contribution < 1.29 is 49.2 Å². The minimum absolute atomic E-state index is 0.0680. The van der Waals surface area contributed by atoms with Crippen LogP contribution in [0.3, 0.4) is 0 Å². The summed E-state index contributed by atoms with van der Waals surface area (Å²) in [5.74, 6) is -6.83. The van der Waals surface area contributed by atoms with Crippen molar-refractivity contribution in [2.45, 2.75) is 49.9 Å². The molecular weight excluding hydrogens is 452 g/mol. The molecular formula is C17H28N4O10S. The molecule has 0 aliphatic carbocycles. The van der Waals surface area contributed by atoms with E-state index in [0.29, 0.717) is 5.75 Å². The van der Waals surface area contributed by atoms with Gasteiger partial charge in [-0.05, 0) is 24.9 Å². The van der Waals surface area contributed by atoms with Crippen molar-refractivity contribution in [3.8, 4) is 0 Å². The van der Waals surface area contributed by atoms with Crippen molar-refractivity contribution in [3.63, 3.8) is 0 Å². The third-order valence-corrected chi connectivity index (χ3v) is 4.69. The fourth-order valence-electron chi connectivity index (χ4n) is 2.32. The Morgan fingerprint density at radius 2 is 1.34 bits per heavy atom. The summed E-state index contributed by atoms with van der Waals surface area (Å²) in [6.45, 7) is -0.774. The second-order valence-electron chi connectivity index (χ2n) is 6.62. The van der Waals surface area contributed by atoms with Crippen molar-refractivity contribution in [2.24, 2.45) is 5.73 Å². The number of carbonyl (C=O) groups is 6. The van der Waals surface area contributed by atoms with E-state index in [-0.39, 0.29) is 6.42 Å². The van der Waals surface area contributed by atoms with Crippen molar-refractivity contribution >= 4 is 47.4 Å². The zero-order valence-electron chi connectivity index (χ0n) is 17.3. The Bertz CT molecular complexity index is 705. The minimum atomic E-state index is -1.69. The summed E-state index contributed by atoms with van der Waals surface area (Å²) in [4.78, 5) is 70.2. The number of hydrogen-bond acceptors (Lipinski definition) is 9. The Balaban J connectivity index is 5.51. The van der Waals surface area contributed by atoms with Crippen molar-refractivity contribution in [2.75, 3.05) is 18.6 Å². The fourth-order valence-corrected chi connectivity index (χ4v) is 2.79. The summed E-state index contributed by atoms with van der Waals surface area (Å²) in [6.07, 6.45) is -0.0822. The van der Waals surface area contributed by atoms with E-state index >= 15 is 0 Å². The highest BCUT2D eigenvalue weighted by Gasteiger charge is 2.31. The van der Waals surface area contributed by atoms with Gasteiger partial charge in [-0.25, -0.2) is 4.79 Å². The highest BCUT2D eigenvalue weighted by molar-refractivity contribution is 7.98. The lowest BCUT2D eigenvalue weighted by molar-refractivity contribution is -0.143. The quantitative estimate of drug-likeness (QED) is 0.110. The monoisotopic (exact) mass is 480 g/mol. The van der Waals surface area contributed by atoms with Crippen molar-refractivity contribution in [3.05, 3.63) is 0 Å². The molecule has 0 aliphatic rings. The van der Waals surface area contributed by atoms with Crippen LogP contribution in [-0.4, -0.2) is 98.8 Å². The number of nitrogens with two attached hydrogens (primary N) is 1. The van der Waals surface area contributed by atoms with Gasteiger partial charge in [0.2, 0.25) is 17.7 Å². The first-order valence-electron chi connectivity index (χ1n) is 9.35. The van der Waals surface area contributed by atoms with E-state index in [0.717, 1.165) is 0 Å². The molecule has 4 unspecified atom stereocenters. The molecule has 4 atom stereocenters. The second kappa shape index (κ2) is 15.0. The highest BCUT2D eigenvalue weighted by atomic mass is 32.2. The van der Waals surface area contributed by atoms with Crippen LogP contribution in [0.1, 0.15) is 25.7 Å². The zero-order valence-corrected chi connectivity index (χ0v) is 18.1. The van der Waals surface area contributed by atoms with E-state index in [2.05, 4.69) is 10.6 Å². The number of aliphatic carboxylic acids is 3. The van der Waals surface area contributed by atoms with Gasteiger partial charge in [0.15, 0.2) is 0 Å². The lowest BCUT2D eigenvalue weighted by Gasteiger charge is -2.24.